The van der Waals surface area contributed by atoms with Crippen LogP contribution in [0.25, 0.3) is 0 Å². The van der Waals surface area contributed by atoms with Crippen molar-refractivity contribution >= 4 is 21.6 Å². The number of fused-ring (bicyclic) bond motifs is 1. The monoisotopic (exact) mass is 478 g/mol. The normalized spacial score (nSPS) is 12.8. The zero-order valence-electron chi connectivity index (χ0n) is 19.1. The van der Waals surface area contributed by atoms with Gasteiger partial charge in [0.25, 0.3) is 0 Å². The van der Waals surface area contributed by atoms with E-state index in [9.17, 15) is 13.2 Å². The molecular formula is C23H30N2O7S. The van der Waals surface area contributed by atoms with Crippen molar-refractivity contribution in [2.75, 3.05) is 45.9 Å². The van der Waals surface area contributed by atoms with Gasteiger partial charge in [-0.15, -0.1) is 0 Å². The first-order valence-electron chi connectivity index (χ1n) is 10.7. The average molecular weight is 479 g/mol. The number of benzene rings is 2. The maximum Gasteiger partial charge on any atom is 0.240 e. The number of methoxy groups -OCH3 is 2. The molecule has 0 saturated carbocycles. The van der Waals surface area contributed by atoms with E-state index in [0.717, 1.165) is 6.42 Å². The summed E-state index contributed by atoms with van der Waals surface area (Å²) in [6, 6.07) is 9.88. The summed E-state index contributed by atoms with van der Waals surface area (Å²) >= 11 is 0. The predicted molar refractivity (Wildman–Crippen MR) is 124 cm³/mol. The highest BCUT2D eigenvalue weighted by molar-refractivity contribution is 7.89. The third-order valence-corrected chi connectivity index (χ3v) is 6.77. The van der Waals surface area contributed by atoms with E-state index in [1.807, 2.05) is 0 Å². The molecule has 33 heavy (non-hydrogen) atoms. The lowest BCUT2D eigenvalue weighted by Gasteiger charge is -2.19. The van der Waals surface area contributed by atoms with Crippen LogP contribution in [0.1, 0.15) is 25.7 Å². The lowest BCUT2D eigenvalue weighted by molar-refractivity contribution is -0.118. The first-order chi connectivity index (χ1) is 15.9. The summed E-state index contributed by atoms with van der Waals surface area (Å²) in [7, 11) is 1.18. The molecule has 0 atom stereocenters. The predicted octanol–water partition coefficient (Wildman–Crippen LogP) is 2.98. The Morgan fingerprint density at radius 3 is 2.42 bits per heavy atom. The van der Waals surface area contributed by atoms with E-state index in [-0.39, 0.29) is 17.3 Å². The highest BCUT2D eigenvalue weighted by atomic mass is 32.2. The van der Waals surface area contributed by atoms with E-state index in [1.54, 1.807) is 50.4 Å². The summed E-state index contributed by atoms with van der Waals surface area (Å²) in [5.41, 5.74) is 0.713. The molecule has 0 unspecified atom stereocenters. The Morgan fingerprint density at radius 2 is 1.70 bits per heavy atom. The summed E-state index contributed by atoms with van der Waals surface area (Å²) in [5.74, 6) is 2.10. The van der Waals surface area contributed by atoms with Crippen molar-refractivity contribution in [2.45, 2.75) is 30.6 Å². The number of hydrogen-bond acceptors (Lipinski definition) is 7. The Kier molecular flexibility index (Phi) is 8.40. The Labute approximate surface area is 194 Å². The van der Waals surface area contributed by atoms with Gasteiger partial charge in [0.05, 0.1) is 19.1 Å². The summed E-state index contributed by atoms with van der Waals surface area (Å²) in [4.78, 5) is 14.2. The molecule has 0 spiro atoms. The molecule has 1 heterocycles. The van der Waals surface area contributed by atoms with Crippen molar-refractivity contribution in [3.05, 3.63) is 36.4 Å². The summed E-state index contributed by atoms with van der Waals surface area (Å²) in [6.07, 6.45) is 2.36. The minimum absolute atomic E-state index is 0.0286. The van der Waals surface area contributed by atoms with Crippen LogP contribution in [0.2, 0.25) is 0 Å². The number of nitrogens with zero attached hydrogens (tertiary/aromatic N) is 1. The summed E-state index contributed by atoms with van der Waals surface area (Å²) in [6.45, 7) is 1.13. The van der Waals surface area contributed by atoms with Crippen molar-refractivity contribution in [1.82, 2.24) is 4.72 Å². The highest BCUT2D eigenvalue weighted by Crippen LogP contribution is 2.32. The number of sulfonamides is 1. The van der Waals surface area contributed by atoms with Gasteiger partial charge in [0.15, 0.2) is 23.0 Å². The zero-order chi connectivity index (χ0) is 23.8. The molecule has 9 nitrogen and oxygen atoms in total. The first kappa shape index (κ1) is 24.7. The molecule has 10 heteroatoms. The molecule has 1 aliphatic heterocycles. The molecule has 1 N–H and O–H groups in total. The van der Waals surface area contributed by atoms with Crippen molar-refractivity contribution in [1.29, 1.82) is 0 Å². The second kappa shape index (κ2) is 11.2. The Hall–Kier alpha value is -2.98. The number of carbonyl (C=O) groups excluding carboxylic acids is 1. The zero-order valence-corrected chi connectivity index (χ0v) is 19.9. The van der Waals surface area contributed by atoms with Crippen molar-refractivity contribution < 1.29 is 32.2 Å². The number of ether oxygens (including phenoxy) is 4. The largest absolute Gasteiger partial charge is 0.493 e. The van der Waals surface area contributed by atoms with Crippen LogP contribution < -0.4 is 28.6 Å². The number of nitrogens with one attached hydrogen (secondary N) is 1. The van der Waals surface area contributed by atoms with Gasteiger partial charge < -0.3 is 23.8 Å². The maximum absolute atomic E-state index is 12.5. The molecule has 2 aromatic rings. The minimum Gasteiger partial charge on any atom is -0.493 e. The quantitative estimate of drug-likeness (QED) is 0.495. The smallest absolute Gasteiger partial charge is 0.240 e. The minimum atomic E-state index is -3.64. The summed E-state index contributed by atoms with van der Waals surface area (Å²) in [5, 5.41) is 0. The fourth-order valence-electron chi connectivity index (χ4n) is 3.40. The van der Waals surface area contributed by atoms with Gasteiger partial charge in [-0.3, -0.25) is 4.79 Å². The molecule has 1 amide bonds. The Morgan fingerprint density at radius 1 is 0.970 bits per heavy atom. The van der Waals surface area contributed by atoms with Crippen molar-refractivity contribution in [3.63, 3.8) is 0 Å². The van der Waals surface area contributed by atoms with E-state index < -0.39 is 10.0 Å². The molecule has 3 rings (SSSR count). The van der Waals surface area contributed by atoms with Gasteiger partial charge in [0, 0.05) is 37.8 Å². The van der Waals surface area contributed by atoms with Gasteiger partial charge >= 0.3 is 0 Å². The number of anilines is 1. The first-order valence-corrected chi connectivity index (χ1v) is 12.2. The van der Waals surface area contributed by atoms with E-state index in [2.05, 4.69) is 4.72 Å². The van der Waals surface area contributed by atoms with Crippen molar-refractivity contribution in [3.8, 4) is 23.0 Å². The number of hydrogen-bond donors (Lipinski definition) is 1. The maximum atomic E-state index is 12.5. The molecule has 1 aliphatic rings. The van der Waals surface area contributed by atoms with Gasteiger partial charge in [-0.25, -0.2) is 13.1 Å². The highest BCUT2D eigenvalue weighted by Gasteiger charge is 2.19. The summed E-state index contributed by atoms with van der Waals surface area (Å²) < 4.78 is 49.0. The lowest BCUT2D eigenvalue weighted by atomic mass is 10.1. The van der Waals surface area contributed by atoms with Crippen LogP contribution in [-0.2, 0) is 14.8 Å². The van der Waals surface area contributed by atoms with Gasteiger partial charge in [-0.2, -0.15) is 0 Å². The average Bonchev–Trinajstić information content (AvgIpc) is 2.84. The molecule has 0 bridgehead atoms. The second-order valence-electron chi connectivity index (χ2n) is 7.51. The number of amides is 1. The van der Waals surface area contributed by atoms with E-state index in [1.165, 1.54) is 12.1 Å². The molecule has 2 aromatic carbocycles. The molecule has 0 radical (unpaired) electrons. The molecule has 0 fully saturated rings. The third kappa shape index (κ3) is 6.29. The van der Waals surface area contributed by atoms with Crippen LogP contribution >= 0.6 is 0 Å². The number of rotatable bonds is 11. The SMILES string of the molecule is COc1ccc(N(C)C(=O)CCCCCNS(=O)(=O)c2ccc3c(c2)OCCO3)cc1OC. The van der Waals surface area contributed by atoms with Gasteiger partial charge in [-0.1, -0.05) is 6.42 Å². The van der Waals surface area contributed by atoms with Gasteiger partial charge in [-0.05, 0) is 37.1 Å². The van der Waals surface area contributed by atoms with Crippen LogP contribution in [0, 0.1) is 0 Å². The number of carbonyl (C=O) groups is 1. The molecule has 180 valence electrons. The van der Waals surface area contributed by atoms with E-state index in [4.69, 9.17) is 18.9 Å². The number of unbranched alkanes of at least 4 members (excludes halogenated alkanes) is 2. The van der Waals surface area contributed by atoms with Crippen LogP contribution in [-0.4, -0.2) is 55.4 Å². The second-order valence-corrected chi connectivity index (χ2v) is 9.27. The van der Waals surface area contributed by atoms with Crippen LogP contribution in [0.5, 0.6) is 23.0 Å². The molecule has 0 aliphatic carbocycles. The third-order valence-electron chi connectivity index (χ3n) is 5.31. The molecular weight excluding hydrogens is 448 g/mol. The van der Waals surface area contributed by atoms with Crippen LogP contribution in [0.15, 0.2) is 41.3 Å². The molecule has 0 aromatic heterocycles. The fourth-order valence-corrected chi connectivity index (χ4v) is 4.49. The van der Waals surface area contributed by atoms with Crippen LogP contribution in [0.4, 0.5) is 5.69 Å². The fraction of sp³-hybridized carbons (Fsp3) is 0.435. The topological polar surface area (TPSA) is 103 Å². The standard InChI is InChI=1S/C23H30N2O7S/c1-25(17-8-10-19(29-2)21(15-17)30-3)23(26)7-5-4-6-12-24-33(27,28)18-9-11-20-22(16-18)32-14-13-31-20/h8-11,15-16,24H,4-7,12-14H2,1-3H3. The van der Waals surface area contributed by atoms with Crippen LogP contribution in [0.3, 0.4) is 0 Å². The Bertz CT molecular complexity index is 1070. The molecule has 0 saturated heterocycles. The van der Waals surface area contributed by atoms with Crippen molar-refractivity contribution in [2.24, 2.45) is 0 Å². The van der Waals surface area contributed by atoms with E-state index >= 15 is 0 Å². The van der Waals surface area contributed by atoms with E-state index in [0.29, 0.717) is 61.2 Å². The van der Waals surface area contributed by atoms with Gasteiger partial charge in [0.1, 0.15) is 13.2 Å². The lowest BCUT2D eigenvalue weighted by Crippen LogP contribution is -2.26. The van der Waals surface area contributed by atoms with Gasteiger partial charge in [0.2, 0.25) is 15.9 Å². The Balaban J connectivity index is 1.41.